The molecule has 0 aliphatic carbocycles. The number of anilines is 2. The van der Waals surface area contributed by atoms with E-state index in [9.17, 15) is 15.0 Å². The fraction of sp³-hybridized carbons (Fsp3) is 0.259. The van der Waals surface area contributed by atoms with Gasteiger partial charge >= 0.3 is 0 Å². The first kappa shape index (κ1) is 23.1. The number of rotatable bonds is 5. The Labute approximate surface area is 221 Å². The molecule has 0 unspecified atom stereocenters. The Morgan fingerprint density at radius 2 is 1.84 bits per heavy atom. The molecule has 3 aromatic heterocycles. The summed E-state index contributed by atoms with van der Waals surface area (Å²) in [4.78, 5) is 28.3. The Bertz CT molecular complexity index is 1710. The number of thiazole rings is 1. The van der Waals surface area contributed by atoms with Crippen LogP contribution in [0.15, 0.2) is 58.9 Å². The molecule has 11 heteroatoms. The van der Waals surface area contributed by atoms with Crippen LogP contribution >= 0.6 is 11.3 Å². The zero-order valence-electron chi connectivity index (χ0n) is 20.4. The van der Waals surface area contributed by atoms with Crippen LogP contribution in [0.25, 0.3) is 21.8 Å². The summed E-state index contributed by atoms with van der Waals surface area (Å²) < 4.78 is 0. The third-order valence-corrected chi connectivity index (χ3v) is 8.21. The Morgan fingerprint density at radius 1 is 1.00 bits per heavy atom. The van der Waals surface area contributed by atoms with Crippen LogP contribution in [0.5, 0.6) is 0 Å². The van der Waals surface area contributed by atoms with E-state index in [1.807, 2.05) is 36.4 Å². The van der Waals surface area contributed by atoms with E-state index in [1.54, 1.807) is 28.5 Å². The monoisotopic (exact) mass is 527 g/mol. The van der Waals surface area contributed by atoms with Gasteiger partial charge in [0.25, 0.3) is 5.91 Å². The van der Waals surface area contributed by atoms with Crippen LogP contribution in [0.4, 0.5) is 21.5 Å². The van der Waals surface area contributed by atoms with E-state index in [4.69, 9.17) is 0 Å². The Morgan fingerprint density at radius 3 is 2.68 bits per heavy atom. The quantitative estimate of drug-likeness (QED) is 0.182. The second-order valence-corrected chi connectivity index (χ2v) is 10.6. The van der Waals surface area contributed by atoms with Crippen molar-refractivity contribution < 1.29 is 15.0 Å². The Balaban J connectivity index is 1.12. The maximum atomic E-state index is 13.5. The largest absolute Gasteiger partial charge is 0.363 e. The van der Waals surface area contributed by atoms with Gasteiger partial charge in [-0.2, -0.15) is 0 Å². The van der Waals surface area contributed by atoms with Crippen molar-refractivity contribution in [1.82, 2.24) is 15.0 Å². The number of amides is 1. The summed E-state index contributed by atoms with van der Waals surface area (Å²) in [5, 5.41) is 31.4. The highest BCUT2D eigenvalue weighted by Crippen LogP contribution is 2.37. The number of aromatic nitrogens is 3. The molecule has 10 nitrogen and oxygen atoms in total. The minimum atomic E-state index is -1.57. The lowest BCUT2D eigenvalue weighted by molar-refractivity contribution is -0.0453. The number of nitrogens with zero attached hydrogens (tertiary/aromatic N) is 5. The van der Waals surface area contributed by atoms with Crippen LogP contribution in [0.3, 0.4) is 0 Å². The van der Waals surface area contributed by atoms with Gasteiger partial charge in [-0.25, -0.2) is 4.98 Å². The number of hydrogen-bond acceptors (Lipinski definition) is 8. The molecule has 0 bridgehead atoms. The van der Waals surface area contributed by atoms with E-state index in [1.165, 1.54) is 12.8 Å². The van der Waals surface area contributed by atoms with Crippen molar-refractivity contribution >= 4 is 60.6 Å². The number of aliphatic hydroxyl groups is 2. The zero-order chi connectivity index (χ0) is 25.8. The molecule has 0 spiro atoms. The first-order valence-electron chi connectivity index (χ1n) is 12.6. The fourth-order valence-corrected chi connectivity index (χ4v) is 6.18. The van der Waals surface area contributed by atoms with E-state index in [2.05, 4.69) is 30.1 Å². The highest BCUT2D eigenvalue weighted by Gasteiger charge is 2.28. The van der Waals surface area contributed by atoms with E-state index < -0.39 is 6.29 Å². The molecule has 192 valence electrons. The topological polar surface area (TPSA) is 133 Å². The molecule has 0 saturated carbocycles. The number of carbonyl (C=O) groups is 1. The number of aliphatic hydroxyl groups excluding tert-OH is 1. The van der Waals surface area contributed by atoms with Gasteiger partial charge in [0, 0.05) is 47.1 Å². The number of H-pyrrole nitrogens is 2. The van der Waals surface area contributed by atoms with Crippen molar-refractivity contribution in [2.45, 2.75) is 25.6 Å². The molecule has 1 fully saturated rings. The minimum absolute atomic E-state index is 0.112. The average Bonchev–Trinajstić information content (AvgIpc) is 3.74. The zero-order valence-corrected chi connectivity index (χ0v) is 21.2. The van der Waals surface area contributed by atoms with Crippen LogP contribution in [0, 0.1) is 0 Å². The van der Waals surface area contributed by atoms with E-state index in [0.29, 0.717) is 30.0 Å². The highest BCUT2D eigenvalue weighted by molar-refractivity contribution is 7.19. The summed E-state index contributed by atoms with van der Waals surface area (Å²) in [5.41, 5.74) is 5.07. The van der Waals surface area contributed by atoms with Gasteiger partial charge in [-0.3, -0.25) is 4.79 Å². The van der Waals surface area contributed by atoms with Crippen molar-refractivity contribution in [3.05, 3.63) is 65.6 Å². The van der Waals surface area contributed by atoms with Gasteiger partial charge in [0.1, 0.15) is 5.69 Å². The predicted molar refractivity (Wildman–Crippen MR) is 147 cm³/mol. The summed E-state index contributed by atoms with van der Waals surface area (Å²) >= 11 is 1.54. The van der Waals surface area contributed by atoms with Gasteiger partial charge in [0.2, 0.25) is 0 Å². The lowest BCUT2D eigenvalue weighted by Gasteiger charge is -2.16. The third-order valence-electron chi connectivity index (χ3n) is 7.27. The molecule has 5 aromatic rings. The molecular formula is C27H25N7O3S. The molecule has 7 rings (SSSR count). The highest BCUT2D eigenvalue weighted by atomic mass is 32.1. The number of aromatic amines is 2. The molecule has 1 saturated heterocycles. The SMILES string of the molecule is O=C(c1cc2cc(/N=N/c3cnc(N4CCCC4)s3)ccc2[nH]1)N1CCc2c1ccc1[nH]c(C(O)O)cc21. The second kappa shape index (κ2) is 9.05. The molecule has 2 aliphatic rings. The summed E-state index contributed by atoms with van der Waals surface area (Å²) in [6, 6.07) is 13.1. The first-order valence-corrected chi connectivity index (χ1v) is 13.4. The van der Waals surface area contributed by atoms with Gasteiger partial charge in [-0.15, -0.1) is 10.2 Å². The normalized spacial score (nSPS) is 15.7. The Kier molecular flexibility index (Phi) is 5.50. The summed E-state index contributed by atoms with van der Waals surface area (Å²) in [6.07, 6.45) is 3.29. The predicted octanol–water partition coefficient (Wildman–Crippen LogP) is 5.31. The van der Waals surface area contributed by atoms with Crippen molar-refractivity contribution in [3.8, 4) is 0 Å². The molecule has 0 atom stereocenters. The second-order valence-electron chi connectivity index (χ2n) is 9.66. The van der Waals surface area contributed by atoms with E-state index in [0.717, 1.165) is 56.3 Å². The lowest BCUT2D eigenvalue weighted by Crippen LogP contribution is -2.29. The number of nitrogens with one attached hydrogen (secondary N) is 2. The van der Waals surface area contributed by atoms with Gasteiger partial charge in [-0.05, 0) is 67.3 Å². The summed E-state index contributed by atoms with van der Waals surface area (Å²) in [5.74, 6) is -0.112. The van der Waals surface area contributed by atoms with Gasteiger partial charge in [0.05, 0.1) is 17.6 Å². The molecule has 0 radical (unpaired) electrons. The van der Waals surface area contributed by atoms with Crippen LogP contribution in [0.2, 0.25) is 0 Å². The fourth-order valence-electron chi connectivity index (χ4n) is 5.39. The van der Waals surface area contributed by atoms with E-state index >= 15 is 0 Å². The smallest absolute Gasteiger partial charge is 0.274 e. The summed E-state index contributed by atoms with van der Waals surface area (Å²) in [7, 11) is 0. The van der Waals surface area contributed by atoms with Crippen molar-refractivity contribution in [1.29, 1.82) is 0 Å². The van der Waals surface area contributed by atoms with Crippen LogP contribution in [0.1, 0.15) is 40.9 Å². The molecule has 2 aromatic carbocycles. The standard InChI is InChI=1S/C27H25N7O3S/c35-25(34-10-7-17-18-13-22(26(36)37)30-20(18)5-6-23(17)34)21-12-15-11-16(3-4-19(15)29-21)31-32-24-14-28-27(38-24)33-8-1-2-9-33/h3-6,11-14,26,29-30,36-37H,1-2,7-10H2/b32-31+. The molecule has 38 heavy (non-hydrogen) atoms. The maximum absolute atomic E-state index is 13.5. The van der Waals surface area contributed by atoms with Gasteiger partial charge in [0.15, 0.2) is 16.4 Å². The van der Waals surface area contributed by atoms with Gasteiger partial charge in [-0.1, -0.05) is 11.3 Å². The number of benzene rings is 2. The molecule has 1 amide bonds. The van der Waals surface area contributed by atoms with Gasteiger partial charge < -0.3 is 30.0 Å². The third kappa shape index (κ3) is 3.95. The van der Waals surface area contributed by atoms with Crippen molar-refractivity contribution in [3.63, 3.8) is 0 Å². The molecule has 2 aliphatic heterocycles. The van der Waals surface area contributed by atoms with Crippen molar-refractivity contribution in [2.24, 2.45) is 10.2 Å². The van der Waals surface area contributed by atoms with E-state index in [-0.39, 0.29) is 5.91 Å². The van der Waals surface area contributed by atoms with Crippen molar-refractivity contribution in [2.75, 3.05) is 29.4 Å². The Hall–Kier alpha value is -4.06. The first-order chi connectivity index (χ1) is 18.5. The van der Waals surface area contributed by atoms with Crippen LogP contribution in [-0.2, 0) is 6.42 Å². The number of hydrogen-bond donors (Lipinski definition) is 4. The summed E-state index contributed by atoms with van der Waals surface area (Å²) in [6.45, 7) is 2.64. The number of azo groups is 1. The molecular weight excluding hydrogens is 502 g/mol. The number of fused-ring (bicyclic) bond motifs is 4. The maximum Gasteiger partial charge on any atom is 0.274 e. The average molecular weight is 528 g/mol. The lowest BCUT2D eigenvalue weighted by atomic mass is 10.1. The molecule has 5 heterocycles. The van der Waals surface area contributed by atoms with Crippen LogP contribution in [-0.4, -0.2) is 50.7 Å². The van der Waals surface area contributed by atoms with Crippen LogP contribution < -0.4 is 9.80 Å². The minimum Gasteiger partial charge on any atom is -0.363 e. The number of carbonyl (C=O) groups excluding carboxylic acids is 1. The molecule has 4 N–H and O–H groups in total.